The van der Waals surface area contributed by atoms with E-state index in [1.807, 2.05) is 6.92 Å². The molecule has 1 fully saturated rings. The molecule has 18 heavy (non-hydrogen) atoms. The van der Waals surface area contributed by atoms with Crippen molar-refractivity contribution in [1.82, 2.24) is 0 Å². The van der Waals surface area contributed by atoms with E-state index in [1.165, 1.54) is 13.8 Å². The lowest BCUT2D eigenvalue weighted by Gasteiger charge is -2.37. The van der Waals surface area contributed by atoms with Crippen LogP contribution in [0.4, 0.5) is 0 Å². The molecule has 0 aromatic heterocycles. The van der Waals surface area contributed by atoms with Crippen molar-refractivity contribution < 1.29 is 19.1 Å². The Kier molecular flexibility index (Phi) is 4.97. The Morgan fingerprint density at radius 3 is 2.33 bits per heavy atom. The Labute approximate surface area is 105 Å². The van der Waals surface area contributed by atoms with Gasteiger partial charge in [0.05, 0.1) is 6.04 Å². The molecule has 0 aliphatic heterocycles. The highest BCUT2D eigenvalue weighted by Gasteiger charge is 2.40. The topological polar surface area (TPSA) is 101 Å². The molecule has 0 N–H and O–H groups in total. The molecule has 4 atom stereocenters. The fourth-order valence-corrected chi connectivity index (χ4v) is 2.27. The van der Waals surface area contributed by atoms with Crippen LogP contribution < -0.4 is 0 Å². The summed E-state index contributed by atoms with van der Waals surface area (Å²) in [6, 6.07) is -0.494. The van der Waals surface area contributed by atoms with Crippen molar-refractivity contribution >= 4 is 11.9 Å². The fraction of sp³-hybridized carbons (Fsp3) is 0.818. The van der Waals surface area contributed by atoms with E-state index in [-0.39, 0.29) is 5.92 Å². The summed E-state index contributed by atoms with van der Waals surface area (Å²) >= 11 is 0. The van der Waals surface area contributed by atoms with Crippen LogP contribution in [0.5, 0.6) is 0 Å². The molecule has 7 nitrogen and oxygen atoms in total. The fourth-order valence-electron chi connectivity index (χ4n) is 2.27. The van der Waals surface area contributed by atoms with Gasteiger partial charge in [0.2, 0.25) is 0 Å². The Morgan fingerprint density at radius 2 is 1.83 bits per heavy atom. The first-order valence-electron chi connectivity index (χ1n) is 5.82. The van der Waals surface area contributed by atoms with E-state index >= 15 is 0 Å². The van der Waals surface area contributed by atoms with Crippen molar-refractivity contribution in [3.05, 3.63) is 10.4 Å². The van der Waals surface area contributed by atoms with Crippen LogP contribution in [-0.4, -0.2) is 30.2 Å². The third kappa shape index (κ3) is 3.92. The van der Waals surface area contributed by atoms with Crippen LogP contribution in [0.3, 0.4) is 0 Å². The number of esters is 2. The van der Waals surface area contributed by atoms with Gasteiger partial charge in [0.1, 0.15) is 12.2 Å². The molecule has 0 spiro atoms. The van der Waals surface area contributed by atoms with Crippen molar-refractivity contribution in [2.45, 2.75) is 51.9 Å². The predicted molar refractivity (Wildman–Crippen MR) is 62.4 cm³/mol. The van der Waals surface area contributed by atoms with Gasteiger partial charge in [-0.3, -0.25) is 9.59 Å². The van der Waals surface area contributed by atoms with Gasteiger partial charge >= 0.3 is 11.9 Å². The SMILES string of the molecule is CC(=O)O[C@H]1C[C@@H](C)CC(N=[N+]=[N-])[C@@H]1OC(C)=O. The number of azide groups is 1. The Bertz CT molecular complexity index is 378. The van der Waals surface area contributed by atoms with Gasteiger partial charge in [-0.1, -0.05) is 12.0 Å². The Morgan fingerprint density at radius 1 is 1.22 bits per heavy atom. The van der Waals surface area contributed by atoms with Crippen molar-refractivity contribution in [2.75, 3.05) is 0 Å². The van der Waals surface area contributed by atoms with Gasteiger partial charge in [-0.05, 0) is 24.3 Å². The lowest BCUT2D eigenvalue weighted by molar-refractivity contribution is -0.172. The average molecular weight is 255 g/mol. The van der Waals surface area contributed by atoms with E-state index in [4.69, 9.17) is 15.0 Å². The maximum absolute atomic E-state index is 11.1. The molecule has 1 rings (SSSR count). The second-order valence-corrected chi connectivity index (χ2v) is 4.57. The van der Waals surface area contributed by atoms with Gasteiger partial charge in [0.15, 0.2) is 0 Å². The van der Waals surface area contributed by atoms with Gasteiger partial charge in [-0.25, -0.2) is 0 Å². The molecular formula is C11H17N3O4. The molecule has 0 aromatic carbocycles. The minimum Gasteiger partial charge on any atom is -0.459 e. The summed E-state index contributed by atoms with van der Waals surface area (Å²) in [5.74, 6) is -0.688. The first kappa shape index (κ1) is 14.3. The number of hydrogen-bond acceptors (Lipinski definition) is 5. The molecule has 0 heterocycles. The van der Waals surface area contributed by atoms with Crippen molar-refractivity contribution in [1.29, 1.82) is 0 Å². The highest BCUT2D eigenvalue weighted by Crippen LogP contribution is 2.31. The lowest BCUT2D eigenvalue weighted by Crippen LogP contribution is -2.47. The molecule has 0 radical (unpaired) electrons. The average Bonchev–Trinajstić information content (AvgIpc) is 2.22. The molecule has 1 saturated carbocycles. The van der Waals surface area contributed by atoms with Crippen LogP contribution in [0.1, 0.15) is 33.6 Å². The van der Waals surface area contributed by atoms with E-state index in [0.29, 0.717) is 12.8 Å². The Balaban J connectivity index is 2.90. The molecular weight excluding hydrogens is 238 g/mol. The standard InChI is InChI=1S/C11H17N3O4/c1-6-4-9(13-14-12)11(18-8(3)16)10(5-6)17-7(2)15/h6,9-11H,4-5H2,1-3H3/t6-,9?,10-,11-/m0/s1. The smallest absolute Gasteiger partial charge is 0.303 e. The zero-order valence-corrected chi connectivity index (χ0v) is 10.7. The van der Waals surface area contributed by atoms with E-state index in [9.17, 15) is 9.59 Å². The zero-order chi connectivity index (χ0) is 13.7. The summed E-state index contributed by atoms with van der Waals surface area (Å²) in [7, 11) is 0. The minimum atomic E-state index is -0.696. The second-order valence-electron chi connectivity index (χ2n) is 4.57. The van der Waals surface area contributed by atoms with Gasteiger partial charge in [-0.15, -0.1) is 0 Å². The van der Waals surface area contributed by atoms with Crippen LogP contribution in [0.15, 0.2) is 5.11 Å². The number of rotatable bonds is 3. The molecule has 0 saturated heterocycles. The minimum absolute atomic E-state index is 0.233. The quantitative estimate of drug-likeness (QED) is 0.333. The molecule has 100 valence electrons. The first-order chi connectivity index (χ1) is 8.43. The molecule has 1 unspecified atom stereocenters. The van der Waals surface area contributed by atoms with E-state index in [0.717, 1.165) is 0 Å². The molecule has 0 bridgehead atoms. The number of carbonyl (C=O) groups is 2. The zero-order valence-electron chi connectivity index (χ0n) is 10.7. The molecule has 1 aliphatic rings. The predicted octanol–water partition coefficient (Wildman–Crippen LogP) is 1.96. The van der Waals surface area contributed by atoms with Crippen LogP contribution in [0, 0.1) is 5.92 Å². The summed E-state index contributed by atoms with van der Waals surface area (Å²) < 4.78 is 10.3. The number of hydrogen-bond donors (Lipinski definition) is 0. The second kappa shape index (κ2) is 6.26. The van der Waals surface area contributed by atoms with Crippen molar-refractivity contribution in [3.63, 3.8) is 0 Å². The van der Waals surface area contributed by atoms with Gasteiger partial charge < -0.3 is 9.47 Å². The van der Waals surface area contributed by atoms with Crippen molar-refractivity contribution in [3.8, 4) is 0 Å². The highest BCUT2D eigenvalue weighted by molar-refractivity contribution is 5.67. The summed E-state index contributed by atoms with van der Waals surface area (Å²) in [6.45, 7) is 4.54. The highest BCUT2D eigenvalue weighted by atomic mass is 16.6. The Hall–Kier alpha value is -1.75. The summed E-state index contributed by atoms with van der Waals surface area (Å²) in [5, 5.41) is 3.64. The van der Waals surface area contributed by atoms with Gasteiger partial charge in [-0.2, -0.15) is 0 Å². The van der Waals surface area contributed by atoms with Crippen LogP contribution >= 0.6 is 0 Å². The number of ether oxygens (including phenoxy) is 2. The maximum atomic E-state index is 11.1. The maximum Gasteiger partial charge on any atom is 0.303 e. The lowest BCUT2D eigenvalue weighted by atomic mass is 9.83. The first-order valence-corrected chi connectivity index (χ1v) is 5.82. The van der Waals surface area contributed by atoms with Gasteiger partial charge in [0.25, 0.3) is 0 Å². The number of carbonyl (C=O) groups excluding carboxylic acids is 2. The van der Waals surface area contributed by atoms with E-state index in [1.54, 1.807) is 0 Å². The monoisotopic (exact) mass is 255 g/mol. The van der Waals surface area contributed by atoms with E-state index in [2.05, 4.69) is 10.0 Å². The van der Waals surface area contributed by atoms with Crippen molar-refractivity contribution in [2.24, 2.45) is 11.0 Å². The van der Waals surface area contributed by atoms with Crippen LogP contribution in [0.2, 0.25) is 0 Å². The molecule has 0 amide bonds. The molecule has 7 heteroatoms. The summed E-state index contributed by atoms with van der Waals surface area (Å²) in [4.78, 5) is 24.9. The van der Waals surface area contributed by atoms with Crippen LogP contribution in [0.25, 0.3) is 10.4 Å². The summed E-state index contributed by atoms with van der Waals surface area (Å²) in [5.41, 5.74) is 8.53. The largest absolute Gasteiger partial charge is 0.459 e. The normalized spacial score (nSPS) is 31.1. The van der Waals surface area contributed by atoms with Crippen LogP contribution in [-0.2, 0) is 19.1 Å². The summed E-state index contributed by atoms with van der Waals surface area (Å²) in [6.07, 6.45) is -0.0430. The third-order valence-corrected chi connectivity index (χ3v) is 2.84. The third-order valence-electron chi connectivity index (χ3n) is 2.84. The molecule has 1 aliphatic carbocycles. The number of nitrogens with zero attached hydrogens (tertiary/aromatic N) is 3. The van der Waals surface area contributed by atoms with Gasteiger partial charge in [0, 0.05) is 18.8 Å². The molecule has 0 aromatic rings. The van der Waals surface area contributed by atoms with E-state index < -0.39 is 30.2 Å².